The van der Waals surface area contributed by atoms with Gasteiger partial charge in [0, 0.05) is 29.3 Å². The predicted molar refractivity (Wildman–Crippen MR) is 76.7 cm³/mol. The third-order valence-electron chi connectivity index (χ3n) is 2.58. The fourth-order valence-corrected chi connectivity index (χ4v) is 2.73. The van der Waals surface area contributed by atoms with Gasteiger partial charge < -0.3 is 10.1 Å². The molecule has 4 heteroatoms. The summed E-state index contributed by atoms with van der Waals surface area (Å²) in [5.41, 5.74) is 1.22. The summed E-state index contributed by atoms with van der Waals surface area (Å²) >= 11 is 9.55. The van der Waals surface area contributed by atoms with Gasteiger partial charge in [0.25, 0.3) is 0 Å². The number of hydrogen-bond donors (Lipinski definition) is 1. The third-order valence-corrected chi connectivity index (χ3v) is 3.26. The summed E-state index contributed by atoms with van der Waals surface area (Å²) in [6, 6.07) is 6.38. The molecule has 1 aromatic rings. The van der Waals surface area contributed by atoms with E-state index in [0.717, 1.165) is 35.5 Å². The molecule has 0 aliphatic rings. The molecule has 0 aromatic heterocycles. The van der Waals surface area contributed by atoms with Crippen molar-refractivity contribution in [3.63, 3.8) is 0 Å². The highest BCUT2D eigenvalue weighted by molar-refractivity contribution is 9.10. The summed E-state index contributed by atoms with van der Waals surface area (Å²) in [4.78, 5) is 0. The number of nitrogens with one attached hydrogen (secondary N) is 1. The predicted octanol–water partition coefficient (Wildman–Crippen LogP) is 4.18. The van der Waals surface area contributed by atoms with E-state index < -0.39 is 0 Å². The molecule has 0 spiro atoms. The Bertz CT molecular complexity index is 326. The summed E-state index contributed by atoms with van der Waals surface area (Å²) in [6.45, 7) is 3.86. The van der Waals surface area contributed by atoms with Gasteiger partial charge in [-0.2, -0.15) is 0 Å². The zero-order valence-corrected chi connectivity index (χ0v) is 12.6. The van der Waals surface area contributed by atoms with E-state index in [2.05, 4.69) is 34.2 Å². The Balaban J connectivity index is 2.73. The first-order valence-corrected chi connectivity index (χ1v) is 7.02. The fraction of sp³-hybridized carbons (Fsp3) is 0.538. The van der Waals surface area contributed by atoms with Gasteiger partial charge in [0.1, 0.15) is 0 Å². The summed E-state index contributed by atoms with van der Waals surface area (Å²) in [5.74, 6) is 0. The molecule has 0 bridgehead atoms. The molecular weight excluding hydrogens is 302 g/mol. The number of ether oxygens (including phenoxy) is 1. The van der Waals surface area contributed by atoms with Crippen LogP contribution in [0.2, 0.25) is 5.02 Å². The monoisotopic (exact) mass is 319 g/mol. The third kappa shape index (κ3) is 5.38. The summed E-state index contributed by atoms with van der Waals surface area (Å²) in [6.07, 6.45) is 2.09. The zero-order chi connectivity index (χ0) is 12.7. The van der Waals surface area contributed by atoms with Crippen molar-refractivity contribution >= 4 is 27.5 Å². The van der Waals surface area contributed by atoms with E-state index in [4.69, 9.17) is 16.3 Å². The topological polar surface area (TPSA) is 21.3 Å². The van der Waals surface area contributed by atoms with Crippen LogP contribution in [0.15, 0.2) is 22.7 Å². The van der Waals surface area contributed by atoms with E-state index in [1.807, 2.05) is 12.1 Å². The van der Waals surface area contributed by atoms with E-state index in [1.165, 1.54) is 5.56 Å². The normalized spacial score (nSPS) is 12.7. The average Bonchev–Trinajstić information content (AvgIpc) is 2.27. The van der Waals surface area contributed by atoms with E-state index in [0.29, 0.717) is 6.04 Å². The highest BCUT2D eigenvalue weighted by Crippen LogP contribution is 2.26. The molecule has 2 nitrogen and oxygen atoms in total. The lowest BCUT2D eigenvalue weighted by atomic mass is 10.0. The maximum Gasteiger partial charge on any atom is 0.0462 e. The highest BCUT2D eigenvalue weighted by Gasteiger charge is 2.11. The van der Waals surface area contributed by atoms with Crippen LogP contribution in [0.1, 0.15) is 31.4 Å². The van der Waals surface area contributed by atoms with Gasteiger partial charge in [0.2, 0.25) is 0 Å². The Morgan fingerprint density at radius 3 is 2.76 bits per heavy atom. The van der Waals surface area contributed by atoms with Crippen LogP contribution in [0, 0.1) is 0 Å². The van der Waals surface area contributed by atoms with Crippen molar-refractivity contribution in [2.24, 2.45) is 0 Å². The quantitative estimate of drug-likeness (QED) is 0.761. The molecule has 1 aromatic carbocycles. The number of methoxy groups -OCH3 is 1. The van der Waals surface area contributed by atoms with Gasteiger partial charge in [0.05, 0.1) is 0 Å². The Labute approximate surface area is 117 Å². The molecule has 1 unspecified atom stereocenters. The molecule has 0 saturated heterocycles. The van der Waals surface area contributed by atoms with Crippen LogP contribution in [-0.4, -0.2) is 20.3 Å². The van der Waals surface area contributed by atoms with Crippen LogP contribution >= 0.6 is 27.5 Å². The summed E-state index contributed by atoms with van der Waals surface area (Å²) in [7, 11) is 1.73. The van der Waals surface area contributed by atoms with Crippen molar-refractivity contribution in [3.8, 4) is 0 Å². The van der Waals surface area contributed by atoms with Gasteiger partial charge in [-0.25, -0.2) is 0 Å². The molecule has 0 amide bonds. The van der Waals surface area contributed by atoms with E-state index >= 15 is 0 Å². The highest BCUT2D eigenvalue weighted by atomic mass is 79.9. The Morgan fingerprint density at radius 1 is 1.41 bits per heavy atom. The van der Waals surface area contributed by atoms with E-state index in [1.54, 1.807) is 7.11 Å². The molecule has 0 radical (unpaired) electrons. The molecule has 17 heavy (non-hydrogen) atoms. The molecule has 0 heterocycles. The van der Waals surface area contributed by atoms with Gasteiger partial charge in [-0.15, -0.1) is 0 Å². The zero-order valence-electron chi connectivity index (χ0n) is 10.3. The first kappa shape index (κ1) is 15.0. The van der Waals surface area contributed by atoms with Gasteiger partial charge >= 0.3 is 0 Å². The minimum absolute atomic E-state index is 0.338. The largest absolute Gasteiger partial charge is 0.385 e. The van der Waals surface area contributed by atoms with Crippen LogP contribution in [-0.2, 0) is 4.74 Å². The molecule has 0 aliphatic carbocycles. The smallest absolute Gasteiger partial charge is 0.0462 e. The molecule has 0 aliphatic heterocycles. The molecule has 0 fully saturated rings. The lowest BCUT2D eigenvalue weighted by Gasteiger charge is -2.18. The standard InChI is InChI=1S/C13H19BrClNO/c1-3-16-13(5-4-6-17-2)10-7-11(14)9-12(15)8-10/h7-9,13,16H,3-6H2,1-2H3. The second-order valence-electron chi connectivity index (χ2n) is 3.95. The number of halogens is 2. The average molecular weight is 321 g/mol. The van der Waals surface area contributed by atoms with E-state index in [-0.39, 0.29) is 0 Å². The Kier molecular flexibility index (Phi) is 7.12. The lowest BCUT2D eigenvalue weighted by Crippen LogP contribution is -2.21. The fourth-order valence-electron chi connectivity index (χ4n) is 1.84. The second kappa shape index (κ2) is 8.09. The molecular formula is C13H19BrClNO. The minimum Gasteiger partial charge on any atom is -0.385 e. The Hall–Kier alpha value is -0.0900. The molecule has 0 saturated carbocycles. The number of rotatable bonds is 7. The van der Waals surface area contributed by atoms with Crippen molar-refractivity contribution in [2.45, 2.75) is 25.8 Å². The number of hydrogen-bond acceptors (Lipinski definition) is 2. The van der Waals surface area contributed by atoms with E-state index in [9.17, 15) is 0 Å². The van der Waals surface area contributed by atoms with Crippen molar-refractivity contribution in [3.05, 3.63) is 33.3 Å². The van der Waals surface area contributed by atoms with Gasteiger partial charge in [-0.3, -0.25) is 0 Å². The summed E-state index contributed by atoms with van der Waals surface area (Å²) < 4.78 is 6.11. The molecule has 1 atom stereocenters. The molecule has 1 N–H and O–H groups in total. The first-order valence-electron chi connectivity index (χ1n) is 5.85. The maximum absolute atomic E-state index is 6.07. The lowest BCUT2D eigenvalue weighted by molar-refractivity contribution is 0.189. The minimum atomic E-state index is 0.338. The van der Waals surface area contributed by atoms with Crippen molar-refractivity contribution in [1.82, 2.24) is 5.32 Å². The van der Waals surface area contributed by atoms with Gasteiger partial charge in [-0.05, 0) is 43.1 Å². The Morgan fingerprint density at radius 2 is 2.18 bits per heavy atom. The second-order valence-corrected chi connectivity index (χ2v) is 5.30. The van der Waals surface area contributed by atoms with Crippen molar-refractivity contribution < 1.29 is 4.74 Å². The maximum atomic E-state index is 6.07. The van der Waals surface area contributed by atoms with Crippen LogP contribution in [0.25, 0.3) is 0 Å². The van der Waals surface area contributed by atoms with Crippen LogP contribution in [0.5, 0.6) is 0 Å². The SMILES string of the molecule is CCNC(CCCOC)c1cc(Cl)cc(Br)c1. The van der Waals surface area contributed by atoms with Crippen LogP contribution < -0.4 is 5.32 Å². The summed E-state index contributed by atoms with van der Waals surface area (Å²) in [5, 5.41) is 4.24. The van der Waals surface area contributed by atoms with Crippen LogP contribution in [0.3, 0.4) is 0 Å². The van der Waals surface area contributed by atoms with Crippen molar-refractivity contribution in [2.75, 3.05) is 20.3 Å². The van der Waals surface area contributed by atoms with Gasteiger partial charge in [-0.1, -0.05) is 34.5 Å². The van der Waals surface area contributed by atoms with Gasteiger partial charge in [0.15, 0.2) is 0 Å². The molecule has 96 valence electrons. The van der Waals surface area contributed by atoms with Crippen molar-refractivity contribution in [1.29, 1.82) is 0 Å². The van der Waals surface area contributed by atoms with Crippen LogP contribution in [0.4, 0.5) is 0 Å². The first-order chi connectivity index (χ1) is 8.17. The molecule has 1 rings (SSSR count). The number of benzene rings is 1.